The van der Waals surface area contributed by atoms with Gasteiger partial charge in [-0.15, -0.1) is 0 Å². The lowest BCUT2D eigenvalue weighted by Gasteiger charge is -2.40. The second kappa shape index (κ2) is 5.83. The molecule has 1 saturated heterocycles. The summed E-state index contributed by atoms with van der Waals surface area (Å²) in [6.45, 7) is 9.11. The molecule has 3 nitrogen and oxygen atoms in total. The lowest BCUT2D eigenvalue weighted by atomic mass is 9.94. The minimum atomic E-state index is 0.0810. The molecule has 1 rings (SSSR count). The lowest BCUT2D eigenvalue weighted by Crippen LogP contribution is -2.49. The summed E-state index contributed by atoms with van der Waals surface area (Å²) in [5.41, 5.74) is 0.0810. The fourth-order valence-corrected chi connectivity index (χ4v) is 2.48. The molecule has 2 atom stereocenters. The van der Waals surface area contributed by atoms with Gasteiger partial charge >= 0.3 is 0 Å². The summed E-state index contributed by atoms with van der Waals surface area (Å²) in [7, 11) is 3.85. The van der Waals surface area contributed by atoms with Crippen LogP contribution in [0.25, 0.3) is 0 Å². The molecule has 0 aromatic heterocycles. The number of likely N-dealkylation sites (tertiary alicyclic amines) is 1. The molecular formula is C12H26N2O. The maximum absolute atomic E-state index is 5.59. The van der Waals surface area contributed by atoms with Crippen molar-refractivity contribution in [3.8, 4) is 0 Å². The first kappa shape index (κ1) is 12.9. The highest BCUT2D eigenvalue weighted by molar-refractivity contribution is 4.85. The van der Waals surface area contributed by atoms with Crippen molar-refractivity contribution in [3.63, 3.8) is 0 Å². The summed E-state index contributed by atoms with van der Waals surface area (Å²) in [6.07, 6.45) is 2.46. The molecule has 0 bridgehead atoms. The molecule has 1 heterocycles. The summed E-state index contributed by atoms with van der Waals surface area (Å²) < 4.78 is 5.59. The van der Waals surface area contributed by atoms with E-state index >= 15 is 0 Å². The summed E-state index contributed by atoms with van der Waals surface area (Å²) in [6, 6.07) is 0. The van der Waals surface area contributed by atoms with Crippen LogP contribution in [0.2, 0.25) is 0 Å². The van der Waals surface area contributed by atoms with E-state index in [4.69, 9.17) is 4.74 Å². The second-order valence-electron chi connectivity index (χ2n) is 5.16. The number of nitrogens with zero attached hydrogens (tertiary/aromatic N) is 1. The van der Waals surface area contributed by atoms with Crippen molar-refractivity contribution in [1.82, 2.24) is 10.2 Å². The van der Waals surface area contributed by atoms with Gasteiger partial charge < -0.3 is 15.0 Å². The zero-order valence-electron chi connectivity index (χ0n) is 10.7. The largest absolute Gasteiger partial charge is 0.377 e. The summed E-state index contributed by atoms with van der Waals surface area (Å²) >= 11 is 0. The first-order valence-electron chi connectivity index (χ1n) is 6.02. The van der Waals surface area contributed by atoms with Crippen molar-refractivity contribution in [2.24, 2.45) is 5.92 Å². The van der Waals surface area contributed by atoms with Crippen molar-refractivity contribution in [2.45, 2.75) is 32.3 Å². The van der Waals surface area contributed by atoms with Crippen molar-refractivity contribution in [1.29, 1.82) is 0 Å². The van der Waals surface area contributed by atoms with Crippen LogP contribution in [0.5, 0.6) is 0 Å². The summed E-state index contributed by atoms with van der Waals surface area (Å²) in [5.74, 6) is 0.717. The Morgan fingerprint density at radius 1 is 1.53 bits per heavy atom. The first-order valence-corrected chi connectivity index (χ1v) is 6.02. The van der Waals surface area contributed by atoms with Crippen LogP contribution in [0.3, 0.4) is 0 Å². The topological polar surface area (TPSA) is 24.5 Å². The van der Waals surface area contributed by atoms with Crippen LogP contribution in [0, 0.1) is 5.92 Å². The van der Waals surface area contributed by atoms with Crippen LogP contribution in [-0.2, 0) is 4.74 Å². The molecule has 1 aliphatic heterocycles. The maximum atomic E-state index is 5.59. The van der Waals surface area contributed by atoms with Crippen LogP contribution < -0.4 is 5.32 Å². The van der Waals surface area contributed by atoms with Gasteiger partial charge in [-0.1, -0.05) is 6.92 Å². The number of nitrogens with one attached hydrogen (secondary N) is 1. The number of hydrogen-bond acceptors (Lipinski definition) is 3. The molecule has 0 spiro atoms. The Hall–Kier alpha value is -0.120. The van der Waals surface area contributed by atoms with Gasteiger partial charge in [0.15, 0.2) is 0 Å². The van der Waals surface area contributed by atoms with Gasteiger partial charge in [0.2, 0.25) is 0 Å². The van der Waals surface area contributed by atoms with Gasteiger partial charge in [-0.25, -0.2) is 0 Å². The quantitative estimate of drug-likeness (QED) is 0.747. The number of rotatable bonds is 5. The van der Waals surface area contributed by atoms with Crippen LogP contribution in [-0.4, -0.2) is 50.8 Å². The number of methoxy groups -OCH3 is 1. The molecule has 1 aliphatic rings. The highest BCUT2D eigenvalue weighted by Gasteiger charge is 2.30. The first-order chi connectivity index (χ1) is 7.09. The summed E-state index contributed by atoms with van der Waals surface area (Å²) in [4.78, 5) is 2.54. The molecule has 90 valence electrons. The minimum Gasteiger partial charge on any atom is -0.377 e. The highest BCUT2D eigenvalue weighted by Crippen LogP contribution is 2.24. The van der Waals surface area contributed by atoms with Gasteiger partial charge in [0, 0.05) is 20.2 Å². The minimum absolute atomic E-state index is 0.0810. The molecule has 1 fully saturated rings. The zero-order chi connectivity index (χ0) is 11.3. The Bertz CT molecular complexity index is 186. The molecule has 0 saturated carbocycles. The van der Waals surface area contributed by atoms with Gasteiger partial charge in [0.05, 0.1) is 5.60 Å². The van der Waals surface area contributed by atoms with Gasteiger partial charge in [-0.2, -0.15) is 0 Å². The molecule has 2 unspecified atom stereocenters. The number of hydrogen-bond donors (Lipinski definition) is 1. The van der Waals surface area contributed by atoms with Crippen LogP contribution >= 0.6 is 0 Å². The van der Waals surface area contributed by atoms with E-state index in [1.165, 1.54) is 25.9 Å². The molecule has 0 aromatic carbocycles. The third-order valence-corrected chi connectivity index (χ3v) is 3.35. The van der Waals surface area contributed by atoms with Crippen LogP contribution in [0.1, 0.15) is 26.7 Å². The Labute approximate surface area is 94.2 Å². The average molecular weight is 214 g/mol. The van der Waals surface area contributed by atoms with E-state index in [9.17, 15) is 0 Å². The second-order valence-corrected chi connectivity index (χ2v) is 5.16. The van der Waals surface area contributed by atoms with E-state index in [2.05, 4.69) is 24.1 Å². The SMILES string of the molecule is CNCC(C)CN1CCCC(C)(OC)C1. The standard InChI is InChI=1S/C12H26N2O/c1-11(8-13-3)9-14-7-5-6-12(2,10-14)15-4/h11,13H,5-10H2,1-4H3. The fourth-order valence-electron chi connectivity index (χ4n) is 2.48. The predicted molar refractivity (Wildman–Crippen MR) is 64.2 cm³/mol. The maximum Gasteiger partial charge on any atom is 0.0777 e. The Morgan fingerprint density at radius 2 is 2.27 bits per heavy atom. The van der Waals surface area contributed by atoms with Crippen LogP contribution in [0.15, 0.2) is 0 Å². The molecular weight excluding hydrogens is 188 g/mol. The Balaban J connectivity index is 2.36. The molecule has 0 aromatic rings. The van der Waals surface area contributed by atoms with Gasteiger partial charge in [0.1, 0.15) is 0 Å². The van der Waals surface area contributed by atoms with Gasteiger partial charge in [-0.05, 0) is 45.8 Å². The summed E-state index contributed by atoms with van der Waals surface area (Å²) in [5, 5.41) is 3.23. The van der Waals surface area contributed by atoms with Crippen LogP contribution in [0.4, 0.5) is 0 Å². The monoisotopic (exact) mass is 214 g/mol. The molecule has 0 radical (unpaired) electrons. The molecule has 3 heteroatoms. The van der Waals surface area contributed by atoms with Crippen molar-refractivity contribution in [3.05, 3.63) is 0 Å². The van der Waals surface area contributed by atoms with Gasteiger partial charge in [0.25, 0.3) is 0 Å². The highest BCUT2D eigenvalue weighted by atomic mass is 16.5. The van der Waals surface area contributed by atoms with E-state index < -0.39 is 0 Å². The van der Waals surface area contributed by atoms with Gasteiger partial charge in [-0.3, -0.25) is 0 Å². The molecule has 15 heavy (non-hydrogen) atoms. The van der Waals surface area contributed by atoms with E-state index in [0.29, 0.717) is 5.92 Å². The average Bonchev–Trinajstić information content (AvgIpc) is 2.18. The van der Waals surface area contributed by atoms with Crippen molar-refractivity contribution >= 4 is 0 Å². The smallest absolute Gasteiger partial charge is 0.0777 e. The number of piperidine rings is 1. The third-order valence-electron chi connectivity index (χ3n) is 3.35. The Kier molecular flexibility index (Phi) is 5.03. The Morgan fingerprint density at radius 3 is 2.87 bits per heavy atom. The molecule has 0 amide bonds. The third kappa shape index (κ3) is 4.09. The van der Waals surface area contributed by atoms with E-state index in [0.717, 1.165) is 13.1 Å². The fraction of sp³-hybridized carbons (Fsp3) is 1.00. The number of ether oxygens (including phenoxy) is 1. The lowest BCUT2D eigenvalue weighted by molar-refractivity contribution is -0.0531. The van der Waals surface area contributed by atoms with Crippen molar-refractivity contribution in [2.75, 3.05) is 40.3 Å². The van der Waals surface area contributed by atoms with Crippen molar-refractivity contribution < 1.29 is 4.74 Å². The van der Waals surface area contributed by atoms with E-state index in [1.54, 1.807) is 0 Å². The zero-order valence-corrected chi connectivity index (χ0v) is 10.7. The molecule has 1 N–H and O–H groups in total. The molecule has 0 aliphatic carbocycles. The normalized spacial score (nSPS) is 30.4. The van der Waals surface area contributed by atoms with E-state index in [1.807, 2.05) is 14.2 Å². The predicted octanol–water partition coefficient (Wildman–Crippen LogP) is 1.34. The van der Waals surface area contributed by atoms with E-state index in [-0.39, 0.29) is 5.60 Å².